The first-order valence-corrected chi connectivity index (χ1v) is 7.70. The molecule has 2 aromatic rings. The second-order valence-electron chi connectivity index (χ2n) is 5.20. The van der Waals surface area contributed by atoms with E-state index in [1.54, 1.807) is 11.3 Å². The fraction of sp³-hybridized carbons (Fsp3) is 0.438. The molecular formula is C16H22N2S. The van der Waals surface area contributed by atoms with E-state index in [2.05, 4.69) is 51.3 Å². The molecule has 0 atom stereocenters. The van der Waals surface area contributed by atoms with Gasteiger partial charge in [0, 0.05) is 10.9 Å². The molecule has 3 heteroatoms. The van der Waals surface area contributed by atoms with E-state index >= 15 is 0 Å². The van der Waals surface area contributed by atoms with Crippen molar-refractivity contribution in [3.05, 3.63) is 39.7 Å². The van der Waals surface area contributed by atoms with Gasteiger partial charge in [-0.3, -0.25) is 0 Å². The van der Waals surface area contributed by atoms with Gasteiger partial charge in [-0.2, -0.15) is 0 Å². The van der Waals surface area contributed by atoms with Crippen molar-refractivity contribution >= 4 is 11.3 Å². The Kier molecular flexibility index (Phi) is 4.07. The maximum absolute atomic E-state index is 6.41. The van der Waals surface area contributed by atoms with Crippen LogP contribution in [0.5, 0.6) is 0 Å². The maximum atomic E-state index is 6.41. The summed E-state index contributed by atoms with van der Waals surface area (Å²) in [5, 5.41) is 3.16. The molecule has 1 aromatic heterocycles. The zero-order chi connectivity index (χ0) is 14.0. The summed E-state index contributed by atoms with van der Waals surface area (Å²) < 4.78 is 0. The molecule has 102 valence electrons. The van der Waals surface area contributed by atoms with E-state index in [-0.39, 0.29) is 5.54 Å². The molecule has 0 aliphatic carbocycles. The Labute approximate surface area is 119 Å². The molecule has 2 rings (SSSR count). The van der Waals surface area contributed by atoms with Crippen molar-refractivity contribution in [2.24, 2.45) is 5.73 Å². The number of benzene rings is 1. The van der Waals surface area contributed by atoms with E-state index in [9.17, 15) is 0 Å². The second kappa shape index (κ2) is 5.43. The summed E-state index contributed by atoms with van der Waals surface area (Å²) in [5.74, 6) is 0. The lowest BCUT2D eigenvalue weighted by Gasteiger charge is -2.23. The van der Waals surface area contributed by atoms with E-state index in [0.717, 1.165) is 23.5 Å². The van der Waals surface area contributed by atoms with Crippen molar-refractivity contribution in [3.63, 3.8) is 0 Å². The van der Waals surface area contributed by atoms with Crippen LogP contribution in [0.4, 0.5) is 0 Å². The van der Waals surface area contributed by atoms with Gasteiger partial charge < -0.3 is 5.73 Å². The number of nitrogens with zero attached hydrogens (tertiary/aromatic N) is 1. The molecule has 0 saturated carbocycles. The van der Waals surface area contributed by atoms with Gasteiger partial charge in [-0.1, -0.05) is 26.0 Å². The minimum Gasteiger partial charge on any atom is -0.319 e. The van der Waals surface area contributed by atoms with Crippen LogP contribution in [0.1, 0.15) is 42.8 Å². The van der Waals surface area contributed by atoms with Gasteiger partial charge in [0.05, 0.1) is 11.2 Å². The van der Waals surface area contributed by atoms with Gasteiger partial charge in [0.2, 0.25) is 0 Å². The molecule has 0 bridgehead atoms. The number of hydrogen-bond acceptors (Lipinski definition) is 3. The highest BCUT2D eigenvalue weighted by Crippen LogP contribution is 2.32. The molecule has 0 fully saturated rings. The van der Waals surface area contributed by atoms with Crippen LogP contribution in [-0.4, -0.2) is 4.98 Å². The normalized spacial score (nSPS) is 11.8. The predicted octanol–water partition coefficient (Wildman–Crippen LogP) is 4.40. The van der Waals surface area contributed by atoms with E-state index in [1.807, 2.05) is 0 Å². The molecule has 1 aromatic carbocycles. The average Bonchev–Trinajstić information content (AvgIpc) is 2.91. The monoisotopic (exact) mass is 274 g/mol. The number of aryl methyl sites for hydroxylation is 2. The fourth-order valence-electron chi connectivity index (χ4n) is 2.09. The van der Waals surface area contributed by atoms with Crippen molar-refractivity contribution in [1.82, 2.24) is 4.98 Å². The van der Waals surface area contributed by atoms with Crippen molar-refractivity contribution in [2.45, 2.75) is 46.1 Å². The summed E-state index contributed by atoms with van der Waals surface area (Å²) in [5.41, 5.74) is 11.0. The minimum absolute atomic E-state index is 0.275. The van der Waals surface area contributed by atoms with Gasteiger partial charge in [-0.05, 0) is 43.9 Å². The molecule has 0 saturated heterocycles. The Morgan fingerprint density at radius 1 is 1.16 bits per heavy atom. The third-order valence-electron chi connectivity index (χ3n) is 3.99. The molecule has 0 aliphatic rings. The van der Waals surface area contributed by atoms with Gasteiger partial charge in [-0.25, -0.2) is 4.98 Å². The Bertz CT molecular complexity index is 568. The van der Waals surface area contributed by atoms with Gasteiger partial charge in [0.25, 0.3) is 0 Å². The SMILES string of the molecule is CCC(N)(CC)c1nc(-c2ccc(C)c(C)c2)cs1. The molecule has 2 N–H and O–H groups in total. The molecule has 1 heterocycles. The second-order valence-corrected chi connectivity index (χ2v) is 6.06. The fourth-order valence-corrected chi connectivity index (χ4v) is 3.17. The quantitative estimate of drug-likeness (QED) is 0.897. The maximum Gasteiger partial charge on any atom is 0.113 e. The molecular weight excluding hydrogens is 252 g/mol. The van der Waals surface area contributed by atoms with Crippen LogP contribution in [0, 0.1) is 13.8 Å². The minimum atomic E-state index is -0.275. The molecule has 19 heavy (non-hydrogen) atoms. The Hall–Kier alpha value is -1.19. The van der Waals surface area contributed by atoms with Crippen LogP contribution in [0.25, 0.3) is 11.3 Å². The number of nitrogens with two attached hydrogens (primary N) is 1. The summed E-state index contributed by atoms with van der Waals surface area (Å²) >= 11 is 1.67. The molecule has 0 spiro atoms. The van der Waals surface area contributed by atoms with Crippen molar-refractivity contribution in [3.8, 4) is 11.3 Å². The van der Waals surface area contributed by atoms with Crippen molar-refractivity contribution in [1.29, 1.82) is 0 Å². The van der Waals surface area contributed by atoms with E-state index in [0.29, 0.717) is 0 Å². The smallest absolute Gasteiger partial charge is 0.113 e. The molecule has 0 radical (unpaired) electrons. The largest absolute Gasteiger partial charge is 0.319 e. The highest BCUT2D eigenvalue weighted by molar-refractivity contribution is 7.10. The first-order valence-electron chi connectivity index (χ1n) is 6.82. The average molecular weight is 274 g/mol. The third-order valence-corrected chi connectivity index (χ3v) is 5.06. The van der Waals surface area contributed by atoms with Gasteiger partial charge in [-0.15, -0.1) is 11.3 Å². The summed E-state index contributed by atoms with van der Waals surface area (Å²) in [6.07, 6.45) is 1.84. The van der Waals surface area contributed by atoms with Crippen molar-refractivity contribution in [2.75, 3.05) is 0 Å². The van der Waals surface area contributed by atoms with Crippen LogP contribution < -0.4 is 5.73 Å². The van der Waals surface area contributed by atoms with Crippen LogP contribution in [0.2, 0.25) is 0 Å². The first kappa shape index (κ1) is 14.2. The first-order chi connectivity index (χ1) is 9.00. The Morgan fingerprint density at radius 3 is 2.42 bits per heavy atom. The molecule has 0 unspecified atom stereocenters. The summed E-state index contributed by atoms with van der Waals surface area (Å²) in [6, 6.07) is 6.49. The molecule has 2 nitrogen and oxygen atoms in total. The Balaban J connectivity index is 2.38. The third kappa shape index (κ3) is 2.72. The lowest BCUT2D eigenvalue weighted by atomic mass is 9.95. The highest BCUT2D eigenvalue weighted by atomic mass is 32.1. The standard InChI is InChI=1S/C16H22N2S/c1-5-16(17,6-2)15-18-14(10-19-15)13-8-7-11(3)12(4)9-13/h7-10H,5-6,17H2,1-4H3. The number of hydrogen-bond donors (Lipinski definition) is 1. The molecule has 0 amide bonds. The van der Waals surface area contributed by atoms with Crippen LogP contribution in [0.3, 0.4) is 0 Å². The zero-order valence-corrected chi connectivity index (χ0v) is 13.0. The van der Waals surface area contributed by atoms with E-state index in [4.69, 9.17) is 10.7 Å². The summed E-state index contributed by atoms with van der Waals surface area (Å²) in [7, 11) is 0. The predicted molar refractivity (Wildman–Crippen MR) is 83.5 cm³/mol. The Morgan fingerprint density at radius 2 is 1.84 bits per heavy atom. The number of rotatable bonds is 4. The van der Waals surface area contributed by atoms with E-state index in [1.165, 1.54) is 16.7 Å². The zero-order valence-electron chi connectivity index (χ0n) is 12.2. The topological polar surface area (TPSA) is 38.9 Å². The molecule has 0 aliphatic heterocycles. The van der Waals surface area contributed by atoms with Gasteiger partial charge in [0.1, 0.15) is 5.01 Å². The van der Waals surface area contributed by atoms with Crippen LogP contribution >= 0.6 is 11.3 Å². The number of thiazole rings is 1. The van der Waals surface area contributed by atoms with Crippen LogP contribution in [0.15, 0.2) is 23.6 Å². The number of aromatic nitrogens is 1. The van der Waals surface area contributed by atoms with Gasteiger partial charge in [0.15, 0.2) is 0 Å². The van der Waals surface area contributed by atoms with Crippen LogP contribution in [-0.2, 0) is 5.54 Å². The lowest BCUT2D eigenvalue weighted by Crippen LogP contribution is -2.34. The highest BCUT2D eigenvalue weighted by Gasteiger charge is 2.26. The van der Waals surface area contributed by atoms with Crippen molar-refractivity contribution < 1.29 is 0 Å². The lowest BCUT2D eigenvalue weighted by molar-refractivity contribution is 0.411. The summed E-state index contributed by atoms with van der Waals surface area (Å²) in [4.78, 5) is 4.76. The van der Waals surface area contributed by atoms with E-state index < -0.39 is 0 Å². The summed E-state index contributed by atoms with van der Waals surface area (Å²) in [6.45, 7) is 8.52. The van der Waals surface area contributed by atoms with Gasteiger partial charge >= 0.3 is 0 Å².